The van der Waals surface area contributed by atoms with Gasteiger partial charge in [-0.1, -0.05) is 12.1 Å². The average Bonchev–Trinajstić information content (AvgIpc) is 3.08. The zero-order valence-corrected chi connectivity index (χ0v) is 13.5. The fraction of sp³-hybridized carbons (Fsp3) is 0.250. The number of imidazole rings is 1. The predicted molar refractivity (Wildman–Crippen MR) is 89.8 cm³/mol. The highest BCUT2D eigenvalue weighted by Gasteiger charge is 2.13. The van der Waals surface area contributed by atoms with Gasteiger partial charge in [0.25, 0.3) is 0 Å². The van der Waals surface area contributed by atoms with E-state index in [1.165, 1.54) is 6.33 Å². The van der Waals surface area contributed by atoms with Crippen LogP contribution in [0.15, 0.2) is 36.9 Å². The number of methoxy groups -OCH3 is 1. The van der Waals surface area contributed by atoms with Crippen LogP contribution in [0.3, 0.4) is 0 Å². The first kappa shape index (κ1) is 15.7. The first-order valence-electron chi connectivity index (χ1n) is 7.42. The van der Waals surface area contributed by atoms with Crippen molar-refractivity contribution in [1.29, 1.82) is 0 Å². The summed E-state index contributed by atoms with van der Waals surface area (Å²) < 4.78 is 5.17. The minimum absolute atomic E-state index is 0.105. The van der Waals surface area contributed by atoms with E-state index in [-0.39, 0.29) is 12.5 Å². The molecule has 2 heterocycles. The third-order valence-electron chi connectivity index (χ3n) is 3.57. The lowest BCUT2D eigenvalue weighted by Gasteiger charge is -2.17. The van der Waals surface area contributed by atoms with E-state index in [9.17, 15) is 4.79 Å². The van der Waals surface area contributed by atoms with Gasteiger partial charge in [-0.3, -0.25) is 4.79 Å². The summed E-state index contributed by atoms with van der Waals surface area (Å²) >= 11 is 0. The molecular weight excluding hydrogens is 308 g/mol. The quantitative estimate of drug-likeness (QED) is 0.704. The molecular formula is C16H18N6O2. The number of aromatic amines is 1. The number of likely N-dealkylation sites (N-methyl/N-ethyl adjacent to an activating group) is 1. The van der Waals surface area contributed by atoms with Crippen LogP contribution in [-0.2, 0) is 11.3 Å². The molecule has 0 fully saturated rings. The summed E-state index contributed by atoms with van der Waals surface area (Å²) in [5, 5.41) is 2.89. The number of aromatic nitrogens is 4. The summed E-state index contributed by atoms with van der Waals surface area (Å²) in [6, 6.07) is 7.58. The maximum Gasteiger partial charge on any atom is 0.239 e. The number of rotatable bonds is 6. The van der Waals surface area contributed by atoms with Crippen LogP contribution in [0.4, 0.5) is 5.82 Å². The number of carbonyl (C=O) groups excluding carboxylic acids is 1. The van der Waals surface area contributed by atoms with Crippen LogP contribution in [0.2, 0.25) is 0 Å². The second-order valence-corrected chi connectivity index (χ2v) is 5.28. The molecule has 0 atom stereocenters. The molecule has 0 bridgehead atoms. The van der Waals surface area contributed by atoms with Crippen LogP contribution in [0.5, 0.6) is 5.75 Å². The number of amides is 1. The monoisotopic (exact) mass is 326 g/mol. The number of hydrogen-bond donors (Lipinski definition) is 2. The van der Waals surface area contributed by atoms with Gasteiger partial charge in [-0.15, -0.1) is 0 Å². The molecule has 1 aromatic carbocycles. The molecule has 2 aromatic heterocycles. The third-order valence-corrected chi connectivity index (χ3v) is 3.57. The molecule has 0 aliphatic carbocycles. The number of nitrogens with zero attached hydrogens (tertiary/aromatic N) is 4. The van der Waals surface area contributed by atoms with E-state index < -0.39 is 0 Å². The zero-order chi connectivity index (χ0) is 16.9. The van der Waals surface area contributed by atoms with Crippen molar-refractivity contribution < 1.29 is 9.53 Å². The number of H-pyrrole nitrogens is 1. The van der Waals surface area contributed by atoms with Gasteiger partial charge in [0.2, 0.25) is 5.91 Å². The molecule has 0 aliphatic heterocycles. The highest BCUT2D eigenvalue weighted by Crippen LogP contribution is 2.17. The summed E-state index contributed by atoms with van der Waals surface area (Å²) in [5.41, 5.74) is 2.26. The highest BCUT2D eigenvalue weighted by atomic mass is 16.5. The van der Waals surface area contributed by atoms with E-state index in [2.05, 4.69) is 25.3 Å². The van der Waals surface area contributed by atoms with E-state index in [0.29, 0.717) is 23.5 Å². The number of anilines is 1. The van der Waals surface area contributed by atoms with Gasteiger partial charge in [-0.2, -0.15) is 0 Å². The van der Waals surface area contributed by atoms with Gasteiger partial charge in [0.1, 0.15) is 17.6 Å². The summed E-state index contributed by atoms with van der Waals surface area (Å²) in [6.45, 7) is 0.613. The molecule has 3 aromatic rings. The zero-order valence-electron chi connectivity index (χ0n) is 13.5. The number of fused-ring (bicyclic) bond motifs is 1. The molecule has 0 radical (unpaired) electrons. The van der Waals surface area contributed by atoms with Gasteiger partial charge in [-0.05, 0) is 17.7 Å². The van der Waals surface area contributed by atoms with Gasteiger partial charge in [0.15, 0.2) is 11.5 Å². The minimum atomic E-state index is -0.105. The van der Waals surface area contributed by atoms with Crippen LogP contribution in [0, 0.1) is 0 Å². The Morgan fingerprint density at radius 1 is 1.33 bits per heavy atom. The Morgan fingerprint density at radius 3 is 3.04 bits per heavy atom. The van der Waals surface area contributed by atoms with Crippen molar-refractivity contribution in [3.8, 4) is 5.75 Å². The van der Waals surface area contributed by atoms with Crippen molar-refractivity contribution in [2.75, 3.05) is 25.6 Å². The van der Waals surface area contributed by atoms with Crippen LogP contribution >= 0.6 is 0 Å². The second kappa shape index (κ2) is 6.95. The summed E-state index contributed by atoms with van der Waals surface area (Å²) in [4.78, 5) is 29.3. The lowest BCUT2D eigenvalue weighted by Crippen LogP contribution is -2.35. The molecule has 0 saturated carbocycles. The van der Waals surface area contributed by atoms with E-state index in [1.807, 2.05) is 24.3 Å². The SMILES string of the molecule is COc1cccc(CNC(=O)CN(C)c2ncnc3nc[nH]c23)c1. The van der Waals surface area contributed by atoms with Crippen LogP contribution in [-0.4, -0.2) is 46.5 Å². The third kappa shape index (κ3) is 3.43. The molecule has 0 unspecified atom stereocenters. The van der Waals surface area contributed by atoms with Gasteiger partial charge in [-0.25, -0.2) is 15.0 Å². The Labute approximate surface area is 138 Å². The largest absolute Gasteiger partial charge is 0.497 e. The summed E-state index contributed by atoms with van der Waals surface area (Å²) in [5.74, 6) is 1.29. The Balaban J connectivity index is 1.61. The Kier molecular flexibility index (Phi) is 4.55. The van der Waals surface area contributed by atoms with Crippen molar-refractivity contribution in [3.63, 3.8) is 0 Å². The topological polar surface area (TPSA) is 96.0 Å². The first-order chi connectivity index (χ1) is 11.7. The summed E-state index contributed by atoms with van der Waals surface area (Å²) in [7, 11) is 3.41. The summed E-state index contributed by atoms with van der Waals surface area (Å²) in [6.07, 6.45) is 2.99. The number of hydrogen-bond acceptors (Lipinski definition) is 6. The smallest absolute Gasteiger partial charge is 0.239 e. The lowest BCUT2D eigenvalue weighted by molar-refractivity contribution is -0.119. The van der Waals surface area contributed by atoms with Gasteiger partial charge in [0, 0.05) is 13.6 Å². The number of nitrogens with one attached hydrogen (secondary N) is 2. The molecule has 3 rings (SSSR count). The normalized spacial score (nSPS) is 10.6. The van der Waals surface area contributed by atoms with Crippen molar-refractivity contribution >= 4 is 22.9 Å². The van der Waals surface area contributed by atoms with Crippen molar-refractivity contribution in [1.82, 2.24) is 25.3 Å². The number of benzene rings is 1. The predicted octanol–water partition coefficient (Wildman–Crippen LogP) is 1.11. The molecule has 2 N–H and O–H groups in total. The molecule has 8 heteroatoms. The van der Waals surface area contributed by atoms with Crippen molar-refractivity contribution in [2.24, 2.45) is 0 Å². The standard InChI is InChI=1S/C16H18N6O2/c1-22(16-14-15(19-9-18-14)20-10-21-16)8-13(23)17-7-11-4-3-5-12(6-11)24-2/h3-6,9-10H,7-8H2,1-2H3,(H,17,23)(H,18,19,20,21). The Hall–Kier alpha value is -3.16. The van der Waals surface area contributed by atoms with E-state index in [1.54, 1.807) is 25.4 Å². The fourth-order valence-corrected chi connectivity index (χ4v) is 2.37. The first-order valence-corrected chi connectivity index (χ1v) is 7.42. The van der Waals surface area contributed by atoms with Gasteiger partial charge >= 0.3 is 0 Å². The van der Waals surface area contributed by atoms with Crippen LogP contribution in [0.25, 0.3) is 11.2 Å². The Morgan fingerprint density at radius 2 is 2.21 bits per heavy atom. The molecule has 24 heavy (non-hydrogen) atoms. The highest BCUT2D eigenvalue weighted by molar-refractivity contribution is 5.86. The molecule has 0 saturated heterocycles. The number of carbonyl (C=O) groups is 1. The molecule has 8 nitrogen and oxygen atoms in total. The second-order valence-electron chi connectivity index (χ2n) is 5.28. The number of ether oxygens (including phenoxy) is 1. The molecule has 0 spiro atoms. The lowest BCUT2D eigenvalue weighted by atomic mass is 10.2. The van der Waals surface area contributed by atoms with Crippen LogP contribution in [0.1, 0.15) is 5.56 Å². The van der Waals surface area contributed by atoms with E-state index in [4.69, 9.17) is 4.74 Å². The Bertz CT molecular complexity index is 847. The van der Waals surface area contributed by atoms with Gasteiger partial charge in [0.05, 0.1) is 20.0 Å². The maximum absolute atomic E-state index is 12.2. The molecule has 0 aliphatic rings. The fourth-order valence-electron chi connectivity index (χ4n) is 2.37. The van der Waals surface area contributed by atoms with Crippen molar-refractivity contribution in [2.45, 2.75) is 6.54 Å². The average molecular weight is 326 g/mol. The van der Waals surface area contributed by atoms with Gasteiger partial charge < -0.3 is 19.9 Å². The minimum Gasteiger partial charge on any atom is -0.497 e. The molecule has 124 valence electrons. The van der Waals surface area contributed by atoms with Crippen molar-refractivity contribution in [3.05, 3.63) is 42.5 Å². The van der Waals surface area contributed by atoms with Crippen LogP contribution < -0.4 is 15.0 Å². The maximum atomic E-state index is 12.2. The van der Waals surface area contributed by atoms with E-state index >= 15 is 0 Å². The molecule has 1 amide bonds. The van der Waals surface area contributed by atoms with E-state index in [0.717, 1.165) is 11.3 Å².